The molecule has 0 unspecified atom stereocenters. The molecule has 0 spiro atoms. The molecule has 1 amide bonds. The van der Waals surface area contributed by atoms with Crippen LogP contribution in [0.3, 0.4) is 0 Å². The highest BCUT2D eigenvalue weighted by Crippen LogP contribution is 2.32. The van der Waals surface area contributed by atoms with Crippen molar-refractivity contribution in [1.82, 2.24) is 10.3 Å². The van der Waals surface area contributed by atoms with Gasteiger partial charge in [0.2, 0.25) is 5.89 Å². The van der Waals surface area contributed by atoms with Gasteiger partial charge in [-0.05, 0) is 85.1 Å². The van der Waals surface area contributed by atoms with Crippen LogP contribution in [0.5, 0.6) is 0 Å². The van der Waals surface area contributed by atoms with Gasteiger partial charge in [0.05, 0.1) is 4.92 Å². The molecule has 0 saturated carbocycles. The lowest BCUT2D eigenvalue weighted by atomic mass is 10.0. The molecule has 1 aliphatic heterocycles. The molecule has 1 fully saturated rings. The minimum absolute atomic E-state index is 0.0806. The van der Waals surface area contributed by atoms with E-state index in [0.717, 1.165) is 42.6 Å². The van der Waals surface area contributed by atoms with Gasteiger partial charge in [-0.3, -0.25) is 20.2 Å². The molecule has 1 saturated heterocycles. The number of thiocarbonyl (C=S) groups is 1. The highest BCUT2D eigenvalue weighted by Gasteiger charge is 2.24. The Morgan fingerprint density at radius 1 is 1.08 bits per heavy atom. The lowest BCUT2D eigenvalue weighted by Gasteiger charge is -2.18. The van der Waals surface area contributed by atoms with Gasteiger partial charge < -0.3 is 14.6 Å². The normalized spacial score (nSPS) is 13.2. The van der Waals surface area contributed by atoms with Crippen molar-refractivity contribution in [3.05, 3.63) is 81.9 Å². The molecule has 0 aliphatic carbocycles. The Labute approximate surface area is 225 Å². The third kappa shape index (κ3) is 5.35. The minimum Gasteiger partial charge on any atom is -0.436 e. The van der Waals surface area contributed by atoms with Gasteiger partial charge in [-0.15, -0.1) is 0 Å². The highest BCUT2D eigenvalue weighted by molar-refractivity contribution is 7.80. The number of nitro benzene ring substituents is 1. The van der Waals surface area contributed by atoms with E-state index in [0.29, 0.717) is 23.2 Å². The lowest BCUT2D eigenvalue weighted by Crippen LogP contribution is -2.34. The quantitative estimate of drug-likeness (QED) is 0.171. The van der Waals surface area contributed by atoms with E-state index in [4.69, 9.17) is 16.6 Å². The number of nitrogens with one attached hydrogen (secondary N) is 2. The fourth-order valence-corrected chi connectivity index (χ4v) is 4.71. The van der Waals surface area contributed by atoms with Gasteiger partial charge in [0.1, 0.15) is 11.2 Å². The molecule has 1 aliphatic rings. The van der Waals surface area contributed by atoms with E-state index >= 15 is 0 Å². The number of hydrogen-bond donors (Lipinski definition) is 2. The largest absolute Gasteiger partial charge is 0.436 e. The van der Waals surface area contributed by atoms with Gasteiger partial charge in [0.15, 0.2) is 10.7 Å². The molecule has 5 rings (SSSR count). The van der Waals surface area contributed by atoms with Crippen LogP contribution in [0.2, 0.25) is 0 Å². The van der Waals surface area contributed by atoms with E-state index in [1.807, 2.05) is 35.2 Å². The second-order valence-electron chi connectivity index (χ2n) is 9.54. The second kappa shape index (κ2) is 10.6. The number of carbonyl (C=O) groups is 1. The van der Waals surface area contributed by atoms with Crippen molar-refractivity contribution in [3.63, 3.8) is 0 Å². The summed E-state index contributed by atoms with van der Waals surface area (Å²) >= 11 is 5.30. The SMILES string of the molecule is CC(C)c1ccc2oc(-c3ccc(NC(=S)NC(=O)c4ccc(N5CCCC5)c([N+](=O)[O-])c4)cc3)nc2c1. The Kier molecular flexibility index (Phi) is 7.06. The van der Waals surface area contributed by atoms with Crippen LogP contribution in [-0.2, 0) is 0 Å². The minimum atomic E-state index is -0.526. The summed E-state index contributed by atoms with van der Waals surface area (Å²) in [6, 6.07) is 17.8. The van der Waals surface area contributed by atoms with Crippen LogP contribution < -0.4 is 15.5 Å². The zero-order chi connectivity index (χ0) is 26.8. The first kappa shape index (κ1) is 25.3. The number of rotatable bonds is 6. The topological polar surface area (TPSA) is 114 Å². The molecule has 9 nitrogen and oxygen atoms in total. The summed E-state index contributed by atoms with van der Waals surface area (Å²) in [5.41, 5.74) is 4.80. The van der Waals surface area contributed by atoms with E-state index in [1.54, 1.807) is 24.3 Å². The second-order valence-corrected chi connectivity index (χ2v) is 9.95. The van der Waals surface area contributed by atoms with Crippen LogP contribution in [0, 0.1) is 10.1 Å². The van der Waals surface area contributed by atoms with E-state index in [2.05, 4.69) is 29.5 Å². The molecule has 10 heteroatoms. The Morgan fingerprint density at radius 2 is 1.82 bits per heavy atom. The number of benzene rings is 3. The summed E-state index contributed by atoms with van der Waals surface area (Å²) in [4.78, 5) is 30.5. The number of anilines is 2. The number of aromatic nitrogens is 1. The molecule has 194 valence electrons. The number of fused-ring (bicyclic) bond motifs is 1. The van der Waals surface area contributed by atoms with Gasteiger partial charge >= 0.3 is 0 Å². The van der Waals surface area contributed by atoms with Crippen molar-refractivity contribution in [2.45, 2.75) is 32.6 Å². The molecule has 3 aromatic carbocycles. The Bertz CT molecular complexity index is 1520. The summed E-state index contributed by atoms with van der Waals surface area (Å²) < 4.78 is 5.91. The van der Waals surface area contributed by atoms with Crippen molar-refractivity contribution >= 4 is 51.4 Å². The van der Waals surface area contributed by atoms with Crippen molar-refractivity contribution in [3.8, 4) is 11.5 Å². The smallest absolute Gasteiger partial charge is 0.293 e. The maximum atomic E-state index is 12.7. The number of nitrogens with zero attached hydrogens (tertiary/aromatic N) is 3. The number of carbonyl (C=O) groups excluding carboxylic acids is 1. The van der Waals surface area contributed by atoms with Gasteiger partial charge in [0.25, 0.3) is 11.6 Å². The van der Waals surface area contributed by atoms with Crippen LogP contribution in [-0.4, -0.2) is 34.0 Å². The Morgan fingerprint density at radius 3 is 2.50 bits per heavy atom. The average molecular weight is 530 g/mol. The molecular weight excluding hydrogens is 502 g/mol. The maximum Gasteiger partial charge on any atom is 0.293 e. The van der Waals surface area contributed by atoms with E-state index in [1.165, 1.54) is 11.6 Å². The summed E-state index contributed by atoms with van der Waals surface area (Å²) in [6.07, 6.45) is 1.99. The van der Waals surface area contributed by atoms with Crippen molar-refractivity contribution in [1.29, 1.82) is 0 Å². The first-order valence-corrected chi connectivity index (χ1v) is 12.9. The summed E-state index contributed by atoms with van der Waals surface area (Å²) in [5, 5.41) is 17.3. The molecule has 38 heavy (non-hydrogen) atoms. The molecule has 2 heterocycles. The Hall–Kier alpha value is -4.31. The van der Waals surface area contributed by atoms with Crippen molar-refractivity contribution < 1.29 is 14.1 Å². The molecule has 0 radical (unpaired) electrons. The average Bonchev–Trinajstić information content (AvgIpc) is 3.58. The van der Waals surface area contributed by atoms with Crippen LogP contribution >= 0.6 is 12.2 Å². The zero-order valence-electron chi connectivity index (χ0n) is 21.1. The monoisotopic (exact) mass is 529 g/mol. The van der Waals surface area contributed by atoms with Gasteiger partial charge in [0, 0.05) is 36.0 Å². The summed E-state index contributed by atoms with van der Waals surface area (Å²) in [7, 11) is 0. The highest BCUT2D eigenvalue weighted by atomic mass is 32.1. The fraction of sp³-hybridized carbons (Fsp3) is 0.250. The fourth-order valence-electron chi connectivity index (χ4n) is 4.50. The van der Waals surface area contributed by atoms with Crippen LogP contribution in [0.15, 0.2) is 65.1 Å². The van der Waals surface area contributed by atoms with Gasteiger partial charge in [-0.25, -0.2) is 4.98 Å². The van der Waals surface area contributed by atoms with E-state index < -0.39 is 10.8 Å². The summed E-state index contributed by atoms with van der Waals surface area (Å²) in [6.45, 7) is 5.81. The predicted octanol–water partition coefficient (Wildman–Crippen LogP) is 6.25. The summed E-state index contributed by atoms with van der Waals surface area (Å²) in [5.74, 6) is 0.392. The third-order valence-corrected chi connectivity index (χ3v) is 6.78. The van der Waals surface area contributed by atoms with Gasteiger partial charge in [-0.2, -0.15) is 0 Å². The van der Waals surface area contributed by atoms with Crippen LogP contribution in [0.4, 0.5) is 17.1 Å². The molecule has 2 N–H and O–H groups in total. The molecule has 0 bridgehead atoms. The lowest BCUT2D eigenvalue weighted by molar-refractivity contribution is -0.384. The first-order chi connectivity index (χ1) is 18.3. The standard InChI is InChI=1S/C28H27N5O4S/c1-17(2)19-8-12-25-22(15-19)30-27(37-25)18-5-9-21(10-6-18)29-28(38)31-26(34)20-7-11-23(24(16-20)33(35)36)32-13-3-4-14-32/h5-12,15-17H,3-4,13-14H2,1-2H3,(H2,29,31,34,38). The molecule has 4 aromatic rings. The number of oxazole rings is 1. The predicted molar refractivity (Wildman–Crippen MR) is 152 cm³/mol. The zero-order valence-corrected chi connectivity index (χ0v) is 21.9. The number of nitro groups is 1. The van der Waals surface area contributed by atoms with E-state index in [-0.39, 0.29) is 16.4 Å². The maximum absolute atomic E-state index is 12.7. The molecule has 1 aromatic heterocycles. The van der Waals surface area contributed by atoms with Crippen molar-refractivity contribution in [2.75, 3.05) is 23.3 Å². The van der Waals surface area contributed by atoms with Crippen LogP contribution in [0.25, 0.3) is 22.6 Å². The van der Waals surface area contributed by atoms with E-state index in [9.17, 15) is 14.9 Å². The van der Waals surface area contributed by atoms with Crippen LogP contribution in [0.1, 0.15) is 48.5 Å². The third-order valence-electron chi connectivity index (χ3n) is 6.58. The molecule has 0 atom stereocenters. The van der Waals surface area contributed by atoms with Crippen molar-refractivity contribution in [2.24, 2.45) is 0 Å². The van der Waals surface area contributed by atoms with Gasteiger partial charge in [-0.1, -0.05) is 19.9 Å². The first-order valence-electron chi connectivity index (χ1n) is 12.4. The number of amides is 1. The number of hydrogen-bond acceptors (Lipinski definition) is 7. The Balaban J connectivity index is 1.24. The molecular formula is C28H27N5O4S.